The fourth-order valence-corrected chi connectivity index (χ4v) is 2.95. The minimum absolute atomic E-state index is 0.0430. The van der Waals surface area contributed by atoms with Crippen LogP contribution in [0.4, 0.5) is 4.39 Å². The molecule has 29 heavy (non-hydrogen) atoms. The van der Waals surface area contributed by atoms with Crippen molar-refractivity contribution in [1.82, 2.24) is 5.32 Å². The van der Waals surface area contributed by atoms with E-state index in [0.29, 0.717) is 11.1 Å². The quantitative estimate of drug-likeness (QED) is 0.647. The fraction of sp³-hybridized carbons (Fsp3) is 0.174. The second kappa shape index (κ2) is 8.65. The van der Waals surface area contributed by atoms with Crippen molar-refractivity contribution in [2.45, 2.75) is 13.5 Å². The Morgan fingerprint density at radius 2 is 1.55 bits per heavy atom. The molecule has 0 saturated carbocycles. The highest BCUT2D eigenvalue weighted by Crippen LogP contribution is 2.37. The molecule has 0 atom stereocenters. The molecule has 3 aromatic carbocycles. The zero-order valence-corrected chi connectivity index (χ0v) is 16.5. The number of rotatable bonds is 6. The Bertz CT molecular complexity index is 1010. The molecule has 0 radical (unpaired) electrons. The predicted octanol–water partition coefficient (Wildman–Crippen LogP) is 4.45. The Kier molecular flexibility index (Phi) is 6.02. The van der Waals surface area contributed by atoms with Crippen LogP contribution >= 0.6 is 0 Å². The van der Waals surface area contributed by atoms with Crippen LogP contribution in [0.5, 0.6) is 17.2 Å². The molecule has 6 heteroatoms. The van der Waals surface area contributed by atoms with Crippen molar-refractivity contribution in [1.29, 1.82) is 0 Å². The molecule has 0 aliphatic rings. The first kappa shape index (κ1) is 20.2. The normalized spacial score (nSPS) is 10.5. The lowest BCUT2D eigenvalue weighted by molar-refractivity contribution is 0.0947. The summed E-state index contributed by atoms with van der Waals surface area (Å²) < 4.78 is 24.7. The van der Waals surface area contributed by atoms with Crippen LogP contribution in [0.15, 0.2) is 54.6 Å². The van der Waals surface area contributed by atoms with Gasteiger partial charge in [-0.2, -0.15) is 0 Å². The summed E-state index contributed by atoms with van der Waals surface area (Å²) >= 11 is 0. The Morgan fingerprint density at radius 1 is 0.966 bits per heavy atom. The number of amides is 1. The van der Waals surface area contributed by atoms with Crippen molar-refractivity contribution in [2.24, 2.45) is 0 Å². The third-order valence-electron chi connectivity index (χ3n) is 4.59. The molecular formula is C23H22FNO4. The van der Waals surface area contributed by atoms with E-state index in [9.17, 15) is 14.3 Å². The van der Waals surface area contributed by atoms with Crippen LogP contribution < -0.4 is 14.8 Å². The number of aryl methyl sites for hydroxylation is 1. The number of benzene rings is 3. The third kappa shape index (κ3) is 4.48. The SMILES string of the molecule is COc1cc(CNC(=O)c2ccc(-c3ccc(C)cc3)cc2F)cc(OC)c1O. The fourth-order valence-electron chi connectivity index (χ4n) is 2.95. The monoisotopic (exact) mass is 395 g/mol. The summed E-state index contributed by atoms with van der Waals surface area (Å²) in [5.74, 6) is -0.808. The lowest BCUT2D eigenvalue weighted by Crippen LogP contribution is -2.23. The predicted molar refractivity (Wildman–Crippen MR) is 109 cm³/mol. The van der Waals surface area contributed by atoms with Gasteiger partial charge in [-0.05, 0) is 47.9 Å². The Morgan fingerprint density at radius 3 is 2.10 bits per heavy atom. The molecule has 150 valence electrons. The minimum Gasteiger partial charge on any atom is -0.502 e. The van der Waals surface area contributed by atoms with Gasteiger partial charge in [-0.1, -0.05) is 35.9 Å². The number of phenols is 1. The summed E-state index contributed by atoms with van der Waals surface area (Å²) in [5.41, 5.74) is 3.30. The number of nitrogens with one attached hydrogen (secondary N) is 1. The van der Waals surface area contributed by atoms with Crippen LogP contribution in [0.3, 0.4) is 0 Å². The van der Waals surface area contributed by atoms with Crippen LogP contribution in [0.2, 0.25) is 0 Å². The number of aromatic hydroxyl groups is 1. The molecule has 3 aromatic rings. The van der Waals surface area contributed by atoms with Crippen LogP contribution in [-0.4, -0.2) is 25.2 Å². The van der Waals surface area contributed by atoms with E-state index in [4.69, 9.17) is 9.47 Å². The number of phenolic OH excluding ortho intramolecular Hbond substituents is 1. The van der Waals surface area contributed by atoms with Gasteiger partial charge in [0.2, 0.25) is 5.75 Å². The van der Waals surface area contributed by atoms with Gasteiger partial charge in [-0.25, -0.2) is 4.39 Å². The van der Waals surface area contributed by atoms with Gasteiger partial charge < -0.3 is 19.9 Å². The lowest BCUT2D eigenvalue weighted by atomic mass is 10.0. The van der Waals surface area contributed by atoms with Crippen molar-refractivity contribution < 1.29 is 23.8 Å². The van der Waals surface area contributed by atoms with Gasteiger partial charge in [0.15, 0.2) is 11.5 Å². The van der Waals surface area contributed by atoms with Crippen molar-refractivity contribution in [3.63, 3.8) is 0 Å². The molecule has 0 unspecified atom stereocenters. The van der Waals surface area contributed by atoms with Crippen LogP contribution in [0, 0.1) is 12.7 Å². The summed E-state index contributed by atoms with van der Waals surface area (Å²) in [6.07, 6.45) is 0. The van der Waals surface area contributed by atoms with Gasteiger partial charge in [0.25, 0.3) is 5.91 Å². The highest BCUT2D eigenvalue weighted by atomic mass is 19.1. The molecule has 5 nitrogen and oxygen atoms in total. The third-order valence-corrected chi connectivity index (χ3v) is 4.59. The molecule has 1 amide bonds. The number of methoxy groups -OCH3 is 2. The molecule has 0 fully saturated rings. The molecule has 0 spiro atoms. The lowest BCUT2D eigenvalue weighted by Gasteiger charge is -2.12. The van der Waals surface area contributed by atoms with Gasteiger partial charge in [0.05, 0.1) is 19.8 Å². The van der Waals surface area contributed by atoms with Gasteiger partial charge in [-0.3, -0.25) is 4.79 Å². The average molecular weight is 395 g/mol. The molecular weight excluding hydrogens is 373 g/mol. The van der Waals surface area contributed by atoms with E-state index in [1.54, 1.807) is 18.2 Å². The molecule has 0 saturated heterocycles. The molecule has 3 rings (SSSR count). The number of carbonyl (C=O) groups is 1. The minimum atomic E-state index is -0.596. The van der Waals surface area contributed by atoms with E-state index in [2.05, 4.69) is 5.32 Å². The van der Waals surface area contributed by atoms with Crippen molar-refractivity contribution in [3.05, 3.63) is 77.1 Å². The second-order valence-electron chi connectivity index (χ2n) is 6.59. The van der Waals surface area contributed by atoms with Crippen molar-refractivity contribution in [2.75, 3.05) is 14.2 Å². The van der Waals surface area contributed by atoms with Crippen LogP contribution in [-0.2, 0) is 6.54 Å². The van der Waals surface area contributed by atoms with E-state index in [1.807, 2.05) is 31.2 Å². The summed E-state index contributed by atoms with van der Waals surface area (Å²) in [7, 11) is 2.84. The maximum absolute atomic E-state index is 14.5. The van der Waals surface area contributed by atoms with Crippen LogP contribution in [0.1, 0.15) is 21.5 Å². The molecule has 0 aliphatic heterocycles. The number of hydrogen-bond acceptors (Lipinski definition) is 4. The molecule has 2 N–H and O–H groups in total. The van der Waals surface area contributed by atoms with Gasteiger partial charge in [-0.15, -0.1) is 0 Å². The molecule has 0 bridgehead atoms. The number of ether oxygens (including phenoxy) is 2. The smallest absolute Gasteiger partial charge is 0.254 e. The zero-order chi connectivity index (χ0) is 21.0. The van der Waals surface area contributed by atoms with E-state index < -0.39 is 11.7 Å². The Balaban J connectivity index is 1.75. The number of hydrogen-bond donors (Lipinski definition) is 2. The van der Waals surface area contributed by atoms with E-state index in [-0.39, 0.29) is 29.4 Å². The van der Waals surface area contributed by atoms with Gasteiger partial charge >= 0.3 is 0 Å². The van der Waals surface area contributed by atoms with Gasteiger partial charge in [0.1, 0.15) is 5.82 Å². The topological polar surface area (TPSA) is 67.8 Å². The molecule has 0 aromatic heterocycles. The summed E-state index contributed by atoms with van der Waals surface area (Å²) in [5, 5.41) is 12.6. The Hall–Kier alpha value is -3.54. The molecule has 0 heterocycles. The van der Waals surface area contributed by atoms with Crippen LogP contribution in [0.25, 0.3) is 11.1 Å². The first-order chi connectivity index (χ1) is 13.9. The highest BCUT2D eigenvalue weighted by molar-refractivity contribution is 5.95. The zero-order valence-electron chi connectivity index (χ0n) is 16.5. The summed E-state index contributed by atoms with van der Waals surface area (Å²) in [6, 6.07) is 15.4. The molecule has 0 aliphatic carbocycles. The largest absolute Gasteiger partial charge is 0.502 e. The maximum Gasteiger partial charge on any atom is 0.254 e. The summed E-state index contributed by atoms with van der Waals surface area (Å²) in [6.45, 7) is 2.10. The Labute approximate surface area is 168 Å². The average Bonchev–Trinajstić information content (AvgIpc) is 2.73. The van der Waals surface area contributed by atoms with Crippen molar-refractivity contribution >= 4 is 5.91 Å². The number of carbonyl (C=O) groups excluding carboxylic acids is 1. The van der Waals surface area contributed by atoms with Gasteiger partial charge in [0, 0.05) is 6.54 Å². The first-order valence-corrected chi connectivity index (χ1v) is 9.01. The first-order valence-electron chi connectivity index (χ1n) is 9.01. The van der Waals surface area contributed by atoms with E-state index >= 15 is 0 Å². The number of halogens is 1. The second-order valence-corrected chi connectivity index (χ2v) is 6.59. The van der Waals surface area contributed by atoms with E-state index in [1.165, 1.54) is 26.4 Å². The van der Waals surface area contributed by atoms with E-state index in [0.717, 1.165) is 11.1 Å². The highest BCUT2D eigenvalue weighted by Gasteiger charge is 2.15. The summed E-state index contributed by atoms with van der Waals surface area (Å²) in [4.78, 5) is 12.4. The standard InChI is InChI=1S/C23H22FNO4/c1-14-4-6-16(7-5-14)17-8-9-18(19(24)12-17)23(27)25-13-15-10-20(28-2)22(26)21(11-15)29-3/h4-12,26H,13H2,1-3H3,(H,25,27). The maximum atomic E-state index is 14.5. The van der Waals surface area contributed by atoms with Crippen molar-refractivity contribution in [3.8, 4) is 28.4 Å².